The van der Waals surface area contributed by atoms with Crippen molar-refractivity contribution in [2.45, 2.75) is 0 Å². The van der Waals surface area contributed by atoms with Gasteiger partial charge in [-0.2, -0.15) is 0 Å². The van der Waals surface area contributed by atoms with Gasteiger partial charge in [-0.25, -0.2) is 15.0 Å². The van der Waals surface area contributed by atoms with Crippen molar-refractivity contribution in [3.8, 4) is 0 Å². The number of aromatic nitrogens is 4. The molecule has 3 N–H and O–H groups in total. The second-order valence-electron chi connectivity index (χ2n) is 3.86. The first kappa shape index (κ1) is 11.8. The fraction of sp³-hybridized carbons (Fsp3) is 0. The topological polar surface area (TPSA) is 97.5 Å². The number of nitrogen functional groups attached to an aromatic ring is 1. The average molecular weight is 318 g/mol. The highest BCUT2D eigenvalue weighted by Gasteiger charge is 2.16. The highest BCUT2D eigenvalue weighted by atomic mass is 79.9. The summed E-state index contributed by atoms with van der Waals surface area (Å²) in [4.78, 5) is 27.2. The number of nitrogens with zero attached hydrogens (tertiary/aromatic N) is 3. The zero-order chi connectivity index (χ0) is 13.4. The number of hydrogen-bond acceptors (Lipinski definition) is 5. The first-order valence-corrected chi connectivity index (χ1v) is 6.23. The van der Waals surface area contributed by atoms with E-state index in [-0.39, 0.29) is 17.4 Å². The Labute approximate surface area is 116 Å². The number of carbonyl (C=O) groups excluding carboxylic acids is 1. The van der Waals surface area contributed by atoms with Gasteiger partial charge in [0.25, 0.3) is 0 Å². The number of rotatable bonds is 2. The van der Waals surface area contributed by atoms with Gasteiger partial charge in [0.2, 0.25) is 10.5 Å². The summed E-state index contributed by atoms with van der Waals surface area (Å²) in [5.41, 5.74) is 7.11. The predicted octanol–water partition coefficient (Wildman–Crippen LogP) is 1.93. The van der Waals surface area contributed by atoms with Crippen molar-refractivity contribution >= 4 is 38.7 Å². The lowest BCUT2D eigenvalue weighted by molar-refractivity contribution is 0.103. The Bertz CT molecular complexity index is 768. The summed E-state index contributed by atoms with van der Waals surface area (Å²) in [6.07, 6.45) is 0. The van der Waals surface area contributed by atoms with E-state index < -0.39 is 0 Å². The maximum atomic E-state index is 12.2. The Morgan fingerprint density at radius 3 is 2.63 bits per heavy atom. The second kappa shape index (κ2) is 4.43. The Kier molecular flexibility index (Phi) is 2.75. The number of anilines is 1. The fourth-order valence-electron chi connectivity index (χ4n) is 1.73. The van der Waals surface area contributed by atoms with Crippen LogP contribution in [0.1, 0.15) is 16.2 Å². The monoisotopic (exact) mass is 317 g/mol. The van der Waals surface area contributed by atoms with Crippen LogP contribution in [0.25, 0.3) is 11.2 Å². The van der Waals surface area contributed by atoms with Crippen LogP contribution < -0.4 is 5.73 Å². The van der Waals surface area contributed by atoms with E-state index in [1.807, 2.05) is 6.07 Å². The van der Waals surface area contributed by atoms with Crippen molar-refractivity contribution < 1.29 is 4.79 Å². The van der Waals surface area contributed by atoms with Crippen LogP contribution in [0, 0.1) is 0 Å². The third-order valence-electron chi connectivity index (χ3n) is 2.60. The summed E-state index contributed by atoms with van der Waals surface area (Å²) in [7, 11) is 0. The highest BCUT2D eigenvalue weighted by molar-refractivity contribution is 9.10. The normalized spacial score (nSPS) is 10.8. The second-order valence-corrected chi connectivity index (χ2v) is 4.57. The lowest BCUT2D eigenvalue weighted by Gasteiger charge is -1.95. The summed E-state index contributed by atoms with van der Waals surface area (Å²) in [6.45, 7) is 0. The minimum absolute atomic E-state index is 0.195. The number of fused-ring (bicyclic) bond motifs is 1. The van der Waals surface area contributed by atoms with E-state index in [4.69, 9.17) is 5.73 Å². The van der Waals surface area contributed by atoms with E-state index in [9.17, 15) is 4.79 Å². The van der Waals surface area contributed by atoms with Gasteiger partial charge >= 0.3 is 0 Å². The van der Waals surface area contributed by atoms with Crippen molar-refractivity contribution in [1.82, 2.24) is 19.9 Å². The number of hydrogen-bond donors (Lipinski definition) is 2. The Morgan fingerprint density at radius 1 is 1.16 bits per heavy atom. The third kappa shape index (κ3) is 2.08. The highest BCUT2D eigenvalue weighted by Crippen LogP contribution is 2.18. The third-order valence-corrected chi connectivity index (χ3v) is 2.96. The van der Waals surface area contributed by atoms with Crippen LogP contribution in [-0.2, 0) is 0 Å². The van der Waals surface area contributed by atoms with E-state index in [1.165, 1.54) is 0 Å². The Balaban J connectivity index is 2.12. The van der Waals surface area contributed by atoms with Gasteiger partial charge in [-0.1, -0.05) is 30.3 Å². The van der Waals surface area contributed by atoms with Crippen molar-refractivity contribution in [2.75, 3.05) is 5.73 Å². The molecular formula is C12H8BrN5O. The van der Waals surface area contributed by atoms with Gasteiger partial charge in [-0.05, 0) is 15.9 Å². The van der Waals surface area contributed by atoms with Crippen molar-refractivity contribution in [2.24, 2.45) is 0 Å². The van der Waals surface area contributed by atoms with Crippen molar-refractivity contribution in [3.05, 3.63) is 46.5 Å². The smallest absolute Gasteiger partial charge is 0.228 e. The Morgan fingerprint density at radius 2 is 1.89 bits per heavy atom. The van der Waals surface area contributed by atoms with Crippen LogP contribution in [0.3, 0.4) is 0 Å². The summed E-state index contributed by atoms with van der Waals surface area (Å²) in [5.74, 6) is 0.228. The molecule has 6 nitrogen and oxygen atoms in total. The molecular weight excluding hydrogens is 310 g/mol. The molecule has 7 heteroatoms. The molecule has 0 fully saturated rings. The average Bonchev–Trinajstić information content (AvgIpc) is 2.83. The molecule has 0 saturated heterocycles. The zero-order valence-electron chi connectivity index (χ0n) is 9.59. The van der Waals surface area contributed by atoms with Crippen molar-refractivity contribution in [3.63, 3.8) is 0 Å². The maximum absolute atomic E-state index is 12.2. The van der Waals surface area contributed by atoms with E-state index >= 15 is 0 Å². The molecule has 2 heterocycles. The summed E-state index contributed by atoms with van der Waals surface area (Å²) in [6, 6.07) is 8.87. The van der Waals surface area contributed by atoms with Gasteiger partial charge in [-0.3, -0.25) is 4.79 Å². The maximum Gasteiger partial charge on any atom is 0.228 e. The van der Waals surface area contributed by atoms with Crippen LogP contribution >= 0.6 is 15.9 Å². The van der Waals surface area contributed by atoms with E-state index in [1.54, 1.807) is 24.3 Å². The summed E-state index contributed by atoms with van der Waals surface area (Å²) in [5, 5.41) is 0. The van der Waals surface area contributed by atoms with Crippen LogP contribution in [0.5, 0.6) is 0 Å². The molecule has 0 amide bonds. The molecule has 0 atom stereocenters. The first-order chi connectivity index (χ1) is 9.15. The minimum atomic E-state index is -0.214. The van der Waals surface area contributed by atoms with Crippen LogP contribution in [-0.4, -0.2) is 25.7 Å². The lowest BCUT2D eigenvalue weighted by atomic mass is 10.1. The molecule has 19 heavy (non-hydrogen) atoms. The molecule has 0 unspecified atom stereocenters. The number of aromatic amines is 1. The molecule has 0 aliphatic rings. The molecule has 0 aliphatic heterocycles. The number of nitrogens with one attached hydrogen (secondary N) is 1. The number of imidazole rings is 1. The molecule has 2 aromatic heterocycles. The van der Waals surface area contributed by atoms with E-state index in [0.717, 1.165) is 0 Å². The number of halogens is 1. The minimum Gasteiger partial charge on any atom is -0.382 e. The van der Waals surface area contributed by atoms with Crippen LogP contribution in [0.2, 0.25) is 0 Å². The fourth-order valence-corrected chi connectivity index (χ4v) is 2.08. The van der Waals surface area contributed by atoms with Gasteiger partial charge in [-0.15, -0.1) is 0 Å². The Hall–Kier alpha value is -2.28. The van der Waals surface area contributed by atoms with Crippen LogP contribution in [0.4, 0.5) is 5.82 Å². The number of benzene rings is 1. The predicted molar refractivity (Wildman–Crippen MR) is 73.7 cm³/mol. The molecule has 94 valence electrons. The molecule has 0 saturated carbocycles. The first-order valence-electron chi connectivity index (χ1n) is 5.43. The lowest BCUT2D eigenvalue weighted by Crippen LogP contribution is -2.03. The number of carbonyl (C=O) groups is 1. The van der Waals surface area contributed by atoms with Gasteiger partial charge < -0.3 is 10.7 Å². The molecule has 3 rings (SSSR count). The van der Waals surface area contributed by atoms with Gasteiger partial charge in [0.15, 0.2) is 17.3 Å². The molecule has 1 aromatic carbocycles. The molecule has 3 aromatic rings. The largest absolute Gasteiger partial charge is 0.382 e. The molecule has 0 bridgehead atoms. The van der Waals surface area contributed by atoms with Crippen LogP contribution in [0.15, 0.2) is 35.1 Å². The van der Waals surface area contributed by atoms with Crippen molar-refractivity contribution in [1.29, 1.82) is 0 Å². The number of nitrogens with two attached hydrogens (primary N) is 1. The number of H-pyrrole nitrogens is 1. The molecule has 0 spiro atoms. The quantitative estimate of drug-likeness (QED) is 0.556. The van der Waals surface area contributed by atoms with Gasteiger partial charge in [0.1, 0.15) is 5.52 Å². The van der Waals surface area contributed by atoms with Gasteiger partial charge in [0, 0.05) is 5.56 Å². The standard InChI is InChI=1S/C12H8BrN5O/c13-12-16-9(14)7-10(18-12)17-11(15-7)8(19)6-4-2-1-3-5-6/h1-5H,(H3,14,15,16,17,18). The molecule has 0 aliphatic carbocycles. The summed E-state index contributed by atoms with van der Waals surface area (Å²) < 4.78 is 0.336. The SMILES string of the molecule is Nc1nc(Br)nc2nc(C(=O)c3ccccc3)[nH]c12. The van der Waals surface area contributed by atoms with E-state index in [2.05, 4.69) is 35.9 Å². The summed E-state index contributed by atoms with van der Waals surface area (Å²) >= 11 is 3.13. The van der Waals surface area contributed by atoms with Gasteiger partial charge in [0.05, 0.1) is 0 Å². The zero-order valence-corrected chi connectivity index (χ0v) is 11.2. The van der Waals surface area contributed by atoms with E-state index in [0.29, 0.717) is 21.5 Å². The number of ketones is 1. The molecule has 0 radical (unpaired) electrons.